The molecule has 3 N–H and O–H groups in total. The van der Waals surface area contributed by atoms with Crippen molar-refractivity contribution in [1.29, 1.82) is 0 Å². The van der Waals surface area contributed by atoms with Gasteiger partial charge in [-0.15, -0.1) is 13.2 Å². The molecule has 0 aromatic carbocycles. The van der Waals surface area contributed by atoms with Crippen LogP contribution in [0.4, 0.5) is 13.2 Å². The Bertz CT molecular complexity index is 465. The lowest BCUT2D eigenvalue weighted by atomic mass is 10.1. The second-order valence-corrected chi connectivity index (χ2v) is 4.35. The van der Waals surface area contributed by atoms with Gasteiger partial charge in [0, 0.05) is 21.9 Å². The molecular weight excluding hydrogens is 368 g/mol. The molecule has 5 nitrogen and oxygen atoms in total. The molecule has 1 rings (SSSR count). The highest BCUT2D eigenvalue weighted by atomic mass is 127. The third-order valence-electron chi connectivity index (χ3n) is 1.95. The van der Waals surface area contributed by atoms with Crippen molar-refractivity contribution in [3.8, 4) is 5.88 Å². The lowest BCUT2D eigenvalue weighted by Gasteiger charge is -2.15. The van der Waals surface area contributed by atoms with Crippen molar-refractivity contribution in [2.75, 3.05) is 0 Å². The van der Waals surface area contributed by atoms with E-state index in [1.54, 1.807) is 0 Å². The Morgan fingerprint density at radius 2 is 2.11 bits per heavy atom. The predicted octanol–water partition coefficient (Wildman–Crippen LogP) is 1.67. The van der Waals surface area contributed by atoms with E-state index in [-0.39, 0.29) is 17.7 Å². The number of hydrogen-bond donors (Lipinski definition) is 2. The molecular formula is C9H8F3IN2O3. The molecule has 0 spiro atoms. The van der Waals surface area contributed by atoms with Gasteiger partial charge in [-0.1, -0.05) is 0 Å². The summed E-state index contributed by atoms with van der Waals surface area (Å²) in [5, 5.41) is 8.69. The maximum atomic E-state index is 12.2. The zero-order chi connectivity index (χ0) is 13.9. The minimum atomic E-state index is -4.93. The molecule has 0 aliphatic rings. The summed E-state index contributed by atoms with van der Waals surface area (Å²) in [6, 6.07) is 0. The largest absolute Gasteiger partial charge is 0.574 e. The van der Waals surface area contributed by atoms with E-state index < -0.39 is 24.6 Å². The van der Waals surface area contributed by atoms with Gasteiger partial charge in [-0.05, 0) is 28.2 Å². The molecule has 1 aromatic heterocycles. The maximum Gasteiger partial charge on any atom is 0.574 e. The van der Waals surface area contributed by atoms with Gasteiger partial charge in [0.15, 0.2) is 0 Å². The summed E-state index contributed by atoms with van der Waals surface area (Å²) in [6.45, 7) is -0.0996. The number of carboxylic acid groups (broad SMARTS) is 1. The Hall–Kier alpha value is -1.10. The van der Waals surface area contributed by atoms with Crippen molar-refractivity contribution in [1.82, 2.24) is 4.98 Å². The first-order valence-corrected chi connectivity index (χ1v) is 5.66. The third-order valence-corrected chi connectivity index (χ3v) is 2.88. The zero-order valence-electron chi connectivity index (χ0n) is 8.79. The van der Waals surface area contributed by atoms with Crippen molar-refractivity contribution >= 4 is 28.6 Å². The molecule has 0 aliphatic heterocycles. The fourth-order valence-corrected chi connectivity index (χ4v) is 1.98. The minimum Gasteiger partial charge on any atom is -0.481 e. The van der Waals surface area contributed by atoms with Gasteiger partial charge in [0.2, 0.25) is 5.88 Å². The predicted molar refractivity (Wildman–Crippen MR) is 62.9 cm³/mol. The van der Waals surface area contributed by atoms with E-state index in [1.165, 1.54) is 0 Å². The number of hydrogen-bond acceptors (Lipinski definition) is 4. The summed E-state index contributed by atoms with van der Waals surface area (Å²) < 4.78 is 40.6. The number of ether oxygens (including phenoxy) is 1. The van der Waals surface area contributed by atoms with Crippen molar-refractivity contribution in [3.63, 3.8) is 0 Å². The Kier molecular flexibility index (Phi) is 4.73. The normalized spacial score (nSPS) is 11.4. The molecule has 0 saturated heterocycles. The van der Waals surface area contributed by atoms with Gasteiger partial charge in [-0.3, -0.25) is 4.79 Å². The molecule has 1 aromatic rings. The Morgan fingerprint density at radius 3 is 2.56 bits per heavy atom. The molecule has 0 radical (unpaired) electrons. The van der Waals surface area contributed by atoms with E-state index in [4.69, 9.17) is 10.8 Å². The van der Waals surface area contributed by atoms with E-state index in [1.807, 2.05) is 22.6 Å². The molecule has 18 heavy (non-hydrogen) atoms. The van der Waals surface area contributed by atoms with Gasteiger partial charge in [-0.25, -0.2) is 4.98 Å². The summed E-state index contributed by atoms with van der Waals surface area (Å²) in [5.74, 6) is -2.06. The monoisotopic (exact) mass is 376 g/mol. The van der Waals surface area contributed by atoms with Gasteiger partial charge in [0.25, 0.3) is 0 Å². The zero-order valence-corrected chi connectivity index (χ0v) is 10.9. The van der Waals surface area contributed by atoms with Crippen LogP contribution in [-0.2, 0) is 17.8 Å². The topological polar surface area (TPSA) is 85.4 Å². The highest BCUT2D eigenvalue weighted by molar-refractivity contribution is 14.1. The number of aromatic nitrogens is 1. The van der Waals surface area contributed by atoms with Crippen LogP contribution >= 0.6 is 22.6 Å². The molecule has 100 valence electrons. The Balaban J connectivity index is 3.28. The summed E-state index contributed by atoms with van der Waals surface area (Å²) in [5.41, 5.74) is 5.52. The van der Waals surface area contributed by atoms with Gasteiger partial charge in [-0.2, -0.15) is 0 Å². The first kappa shape index (κ1) is 15.0. The average molecular weight is 376 g/mol. The van der Waals surface area contributed by atoms with Gasteiger partial charge in [0.05, 0.1) is 6.42 Å². The number of alkyl halides is 3. The highest BCUT2D eigenvalue weighted by Crippen LogP contribution is 2.29. The molecule has 0 aliphatic carbocycles. The van der Waals surface area contributed by atoms with Crippen LogP contribution in [0.3, 0.4) is 0 Å². The molecule has 0 bridgehead atoms. The smallest absolute Gasteiger partial charge is 0.481 e. The van der Waals surface area contributed by atoms with Crippen LogP contribution in [0.15, 0.2) is 6.20 Å². The summed E-state index contributed by atoms with van der Waals surface area (Å²) in [7, 11) is 0. The number of nitrogens with zero attached hydrogens (tertiary/aromatic N) is 1. The SMILES string of the molecule is NCc1c(I)cnc(OC(F)(F)F)c1CC(=O)O. The standard InChI is InChI=1S/C9H8F3IN2O3/c10-9(11,12)18-8-4(1-7(16)17)5(2-14)6(13)3-15-8/h3H,1-2,14H2,(H,16,17). The Labute approximate surface area is 113 Å². The molecule has 0 saturated carbocycles. The minimum absolute atomic E-state index is 0.0996. The van der Waals surface area contributed by atoms with Gasteiger partial charge in [0.1, 0.15) is 0 Å². The number of rotatable bonds is 4. The molecule has 9 heteroatoms. The van der Waals surface area contributed by atoms with Gasteiger partial charge >= 0.3 is 12.3 Å². The summed E-state index contributed by atoms with van der Waals surface area (Å²) in [4.78, 5) is 14.1. The van der Waals surface area contributed by atoms with E-state index >= 15 is 0 Å². The molecule has 1 heterocycles. The second-order valence-electron chi connectivity index (χ2n) is 3.19. The third kappa shape index (κ3) is 3.98. The van der Waals surface area contributed by atoms with E-state index in [0.29, 0.717) is 3.57 Å². The molecule has 0 fully saturated rings. The summed E-state index contributed by atoms with van der Waals surface area (Å²) >= 11 is 1.81. The van der Waals surface area contributed by atoms with Crippen LogP contribution in [0, 0.1) is 3.57 Å². The molecule has 0 atom stereocenters. The van der Waals surface area contributed by atoms with E-state index in [9.17, 15) is 18.0 Å². The van der Waals surface area contributed by atoms with Crippen molar-refractivity contribution in [3.05, 3.63) is 20.9 Å². The van der Waals surface area contributed by atoms with Crippen LogP contribution in [0.5, 0.6) is 5.88 Å². The number of carboxylic acids is 1. The van der Waals surface area contributed by atoms with Crippen LogP contribution in [0.1, 0.15) is 11.1 Å². The van der Waals surface area contributed by atoms with Crippen LogP contribution in [0.2, 0.25) is 0 Å². The number of aliphatic carboxylic acids is 1. The maximum absolute atomic E-state index is 12.2. The lowest BCUT2D eigenvalue weighted by molar-refractivity contribution is -0.276. The van der Waals surface area contributed by atoms with Crippen LogP contribution < -0.4 is 10.5 Å². The summed E-state index contributed by atoms with van der Waals surface area (Å²) in [6.07, 6.45) is -4.42. The molecule has 0 amide bonds. The first-order chi connectivity index (χ1) is 8.24. The average Bonchev–Trinajstić information content (AvgIpc) is 2.20. The fourth-order valence-electron chi connectivity index (χ4n) is 1.30. The van der Waals surface area contributed by atoms with Crippen LogP contribution in [0.25, 0.3) is 0 Å². The highest BCUT2D eigenvalue weighted by Gasteiger charge is 2.33. The number of carbonyl (C=O) groups is 1. The lowest BCUT2D eigenvalue weighted by Crippen LogP contribution is -2.21. The first-order valence-electron chi connectivity index (χ1n) is 4.58. The van der Waals surface area contributed by atoms with Crippen molar-refractivity contribution in [2.45, 2.75) is 19.3 Å². The fraction of sp³-hybridized carbons (Fsp3) is 0.333. The Morgan fingerprint density at radius 1 is 1.50 bits per heavy atom. The molecule has 0 unspecified atom stereocenters. The van der Waals surface area contributed by atoms with Gasteiger partial charge < -0.3 is 15.6 Å². The van der Waals surface area contributed by atoms with Crippen molar-refractivity contribution in [2.24, 2.45) is 5.73 Å². The van der Waals surface area contributed by atoms with E-state index in [2.05, 4.69) is 9.72 Å². The second kappa shape index (κ2) is 5.69. The number of pyridine rings is 1. The van der Waals surface area contributed by atoms with E-state index in [0.717, 1.165) is 6.20 Å². The van der Waals surface area contributed by atoms with Crippen molar-refractivity contribution < 1.29 is 27.8 Å². The quantitative estimate of drug-likeness (QED) is 0.782. The number of nitrogens with two attached hydrogens (primary N) is 1. The van der Waals surface area contributed by atoms with Crippen LogP contribution in [-0.4, -0.2) is 22.4 Å². The number of halogens is 4.